The summed E-state index contributed by atoms with van der Waals surface area (Å²) in [6.45, 7) is 3.95. The number of nitrogen functional groups attached to an aromatic ring is 1. The molecule has 0 aromatic heterocycles. The molecule has 2 aromatic rings. The monoisotopic (exact) mass is 331 g/mol. The Balaban J connectivity index is 1.98. The van der Waals surface area contributed by atoms with Crippen molar-refractivity contribution in [3.05, 3.63) is 52.6 Å². The third kappa shape index (κ3) is 2.89. The second kappa shape index (κ2) is 5.83. The molecule has 128 valence electrons. The molecule has 1 fully saturated rings. The minimum absolute atomic E-state index is 0.0479. The molecule has 3 rings (SSSR count). The van der Waals surface area contributed by atoms with Crippen molar-refractivity contribution in [1.82, 2.24) is 0 Å². The molecule has 1 aliphatic carbocycles. The lowest BCUT2D eigenvalue weighted by molar-refractivity contribution is -0.0867. The summed E-state index contributed by atoms with van der Waals surface area (Å²) in [5.74, 6) is -2.55. The molecule has 0 heterocycles. The number of halogens is 2. The summed E-state index contributed by atoms with van der Waals surface area (Å²) in [6.07, 6.45) is -0.751. The van der Waals surface area contributed by atoms with Crippen LogP contribution in [-0.4, -0.2) is 5.92 Å². The van der Waals surface area contributed by atoms with Crippen LogP contribution in [0.1, 0.15) is 47.2 Å². The Hall–Kier alpha value is -1.98. The van der Waals surface area contributed by atoms with Gasteiger partial charge in [0.2, 0.25) is 5.92 Å². The van der Waals surface area contributed by atoms with Gasteiger partial charge in [-0.3, -0.25) is 0 Å². The highest BCUT2D eigenvalue weighted by Crippen LogP contribution is 2.48. The largest absolute Gasteiger partial charge is 0.398 e. The van der Waals surface area contributed by atoms with Gasteiger partial charge < -0.3 is 17.2 Å². The maximum atomic E-state index is 13.1. The van der Waals surface area contributed by atoms with Crippen LogP contribution < -0.4 is 17.2 Å². The molecule has 1 aliphatic rings. The van der Waals surface area contributed by atoms with Gasteiger partial charge in [0.15, 0.2) is 0 Å². The average molecular weight is 331 g/mol. The van der Waals surface area contributed by atoms with E-state index in [4.69, 9.17) is 17.2 Å². The number of nitrogens with two attached hydrogens (primary N) is 3. The summed E-state index contributed by atoms with van der Waals surface area (Å²) in [6, 6.07) is 9.71. The van der Waals surface area contributed by atoms with E-state index in [1.165, 1.54) is 0 Å². The number of hydrogen-bond donors (Lipinski definition) is 3. The summed E-state index contributed by atoms with van der Waals surface area (Å²) in [4.78, 5) is 0. The molecule has 0 bridgehead atoms. The summed E-state index contributed by atoms with van der Waals surface area (Å²) < 4.78 is 26.2. The van der Waals surface area contributed by atoms with Gasteiger partial charge in [-0.15, -0.1) is 0 Å². The van der Waals surface area contributed by atoms with Gasteiger partial charge in [-0.25, -0.2) is 8.78 Å². The minimum Gasteiger partial charge on any atom is -0.398 e. The molecule has 0 amide bonds. The van der Waals surface area contributed by atoms with E-state index in [9.17, 15) is 8.78 Å². The molecule has 0 aliphatic heterocycles. The maximum Gasteiger partial charge on any atom is 0.249 e. The Morgan fingerprint density at radius 1 is 1.04 bits per heavy atom. The van der Waals surface area contributed by atoms with E-state index in [1.807, 2.05) is 44.2 Å². The van der Waals surface area contributed by atoms with E-state index >= 15 is 0 Å². The van der Waals surface area contributed by atoms with Crippen LogP contribution in [0.3, 0.4) is 0 Å². The van der Waals surface area contributed by atoms with Gasteiger partial charge in [0, 0.05) is 24.1 Å². The Labute approximate surface area is 140 Å². The van der Waals surface area contributed by atoms with Gasteiger partial charge in [0.25, 0.3) is 0 Å². The summed E-state index contributed by atoms with van der Waals surface area (Å²) >= 11 is 0. The molecular formula is C19H23F2N3. The van der Waals surface area contributed by atoms with E-state index in [2.05, 4.69) is 0 Å². The average Bonchev–Trinajstić information content (AvgIpc) is 2.45. The number of benzene rings is 2. The summed E-state index contributed by atoms with van der Waals surface area (Å²) in [5.41, 5.74) is 24.0. The molecule has 0 unspecified atom stereocenters. The Morgan fingerprint density at radius 3 is 2.21 bits per heavy atom. The van der Waals surface area contributed by atoms with Crippen LogP contribution in [0, 0.1) is 13.8 Å². The topological polar surface area (TPSA) is 78.1 Å². The van der Waals surface area contributed by atoms with E-state index in [0.29, 0.717) is 5.69 Å². The predicted octanol–water partition coefficient (Wildman–Crippen LogP) is 3.98. The number of hydrogen-bond acceptors (Lipinski definition) is 3. The lowest BCUT2D eigenvalue weighted by Gasteiger charge is -2.35. The first-order chi connectivity index (χ1) is 11.2. The summed E-state index contributed by atoms with van der Waals surface area (Å²) in [5, 5.41) is 0. The molecule has 6 N–H and O–H groups in total. The van der Waals surface area contributed by atoms with E-state index in [0.717, 1.165) is 33.4 Å². The first-order valence-electron chi connectivity index (χ1n) is 8.08. The first-order valence-corrected chi connectivity index (χ1v) is 8.08. The summed E-state index contributed by atoms with van der Waals surface area (Å²) in [7, 11) is 0. The lowest BCUT2D eigenvalue weighted by atomic mass is 9.76. The van der Waals surface area contributed by atoms with Crippen LogP contribution in [0.2, 0.25) is 0 Å². The first kappa shape index (κ1) is 16.9. The van der Waals surface area contributed by atoms with Crippen LogP contribution in [0.4, 0.5) is 14.5 Å². The van der Waals surface area contributed by atoms with Crippen LogP contribution in [0.25, 0.3) is 11.1 Å². The van der Waals surface area contributed by atoms with Crippen molar-refractivity contribution < 1.29 is 8.78 Å². The zero-order valence-corrected chi connectivity index (χ0v) is 13.9. The molecule has 0 spiro atoms. The zero-order chi connectivity index (χ0) is 17.6. The molecule has 0 saturated heterocycles. The fraction of sp³-hybridized carbons (Fsp3) is 0.368. The van der Waals surface area contributed by atoms with Gasteiger partial charge in [-0.1, -0.05) is 24.3 Å². The normalized spacial score (nSPS) is 17.1. The lowest BCUT2D eigenvalue weighted by Crippen LogP contribution is -2.33. The molecule has 0 atom stereocenters. The van der Waals surface area contributed by atoms with Gasteiger partial charge in [0.05, 0.1) is 6.17 Å². The molecule has 2 aromatic carbocycles. The van der Waals surface area contributed by atoms with E-state index in [-0.39, 0.29) is 18.8 Å². The molecule has 0 radical (unpaired) electrons. The van der Waals surface area contributed by atoms with Gasteiger partial charge >= 0.3 is 0 Å². The Kier molecular flexibility index (Phi) is 4.10. The van der Waals surface area contributed by atoms with Crippen LogP contribution >= 0.6 is 0 Å². The van der Waals surface area contributed by atoms with Gasteiger partial charge in [-0.2, -0.15) is 0 Å². The molecular weight excluding hydrogens is 308 g/mol. The maximum absolute atomic E-state index is 13.1. The fourth-order valence-corrected chi connectivity index (χ4v) is 3.62. The van der Waals surface area contributed by atoms with Crippen molar-refractivity contribution in [2.75, 3.05) is 5.73 Å². The van der Waals surface area contributed by atoms with Crippen molar-refractivity contribution in [3.8, 4) is 11.1 Å². The van der Waals surface area contributed by atoms with Crippen molar-refractivity contribution >= 4 is 5.69 Å². The van der Waals surface area contributed by atoms with Crippen LogP contribution in [0.5, 0.6) is 0 Å². The van der Waals surface area contributed by atoms with Crippen molar-refractivity contribution in [1.29, 1.82) is 0 Å². The SMILES string of the molecule is Cc1cc(C2CC(F)(F)C2)ccc1-c1ccc(N)c(C(N)N)c1C. The second-order valence-corrected chi connectivity index (χ2v) is 6.80. The van der Waals surface area contributed by atoms with Crippen LogP contribution in [-0.2, 0) is 0 Å². The molecule has 3 nitrogen and oxygen atoms in total. The van der Waals surface area contributed by atoms with Crippen LogP contribution in [0.15, 0.2) is 30.3 Å². The van der Waals surface area contributed by atoms with E-state index < -0.39 is 12.1 Å². The molecule has 24 heavy (non-hydrogen) atoms. The molecule has 5 heteroatoms. The third-order valence-corrected chi connectivity index (χ3v) is 4.98. The second-order valence-electron chi connectivity index (χ2n) is 6.80. The Morgan fingerprint density at radius 2 is 1.67 bits per heavy atom. The number of rotatable bonds is 3. The highest BCUT2D eigenvalue weighted by molar-refractivity contribution is 5.75. The number of anilines is 1. The van der Waals surface area contributed by atoms with E-state index in [1.54, 1.807) is 0 Å². The molecule has 1 saturated carbocycles. The minimum atomic E-state index is -2.50. The third-order valence-electron chi connectivity index (χ3n) is 4.98. The quantitative estimate of drug-likeness (QED) is 0.588. The highest BCUT2D eigenvalue weighted by Gasteiger charge is 2.45. The number of alkyl halides is 2. The fourth-order valence-electron chi connectivity index (χ4n) is 3.62. The Bertz CT molecular complexity index is 776. The van der Waals surface area contributed by atoms with Crippen molar-refractivity contribution in [2.24, 2.45) is 11.5 Å². The van der Waals surface area contributed by atoms with Gasteiger partial charge in [-0.05, 0) is 53.6 Å². The zero-order valence-electron chi connectivity index (χ0n) is 13.9. The highest BCUT2D eigenvalue weighted by atomic mass is 19.3. The van der Waals surface area contributed by atoms with Crippen molar-refractivity contribution in [2.45, 2.75) is 44.7 Å². The standard InChI is InChI=1S/C19H23F2N3/c1-10-7-12(13-8-19(20,21)9-13)3-4-14(10)15-5-6-16(22)17(11(15)2)18(23)24/h3-7,13,18H,8-9,22-24H2,1-2H3. The predicted molar refractivity (Wildman–Crippen MR) is 93.8 cm³/mol. The van der Waals surface area contributed by atoms with Crippen molar-refractivity contribution in [3.63, 3.8) is 0 Å². The number of aryl methyl sites for hydroxylation is 1. The van der Waals surface area contributed by atoms with Gasteiger partial charge in [0.1, 0.15) is 0 Å². The smallest absolute Gasteiger partial charge is 0.249 e.